The second kappa shape index (κ2) is 9.11. The molecule has 0 aromatic heterocycles. The number of rotatable bonds is 7. The average molecular weight is 363 g/mol. The molecule has 0 amide bonds. The first-order valence-electron chi connectivity index (χ1n) is 8.53. The van der Waals surface area contributed by atoms with Gasteiger partial charge in [0.2, 0.25) is 0 Å². The Labute approximate surface area is 158 Å². The zero-order chi connectivity index (χ0) is 18.2. The van der Waals surface area contributed by atoms with Crippen LogP contribution in [0.25, 0.3) is 0 Å². The van der Waals surface area contributed by atoms with Gasteiger partial charge in [0.15, 0.2) is 0 Å². The average Bonchev–Trinajstić information content (AvgIpc) is 2.63. The summed E-state index contributed by atoms with van der Waals surface area (Å²) < 4.78 is 5.15. The van der Waals surface area contributed by atoms with E-state index in [1.165, 1.54) is 12.5 Å². The van der Waals surface area contributed by atoms with Crippen LogP contribution in [0.5, 0.6) is 5.75 Å². The molecule has 0 fully saturated rings. The second-order valence-electron chi connectivity index (χ2n) is 5.86. The third kappa shape index (κ3) is 5.67. The Hall–Kier alpha value is -2.72. The maximum atomic E-state index is 11.1. The molecule has 26 heavy (non-hydrogen) atoms. The van der Waals surface area contributed by atoms with Crippen LogP contribution in [0.15, 0.2) is 88.7 Å². The lowest BCUT2D eigenvalue weighted by atomic mass is 10.1. The standard InChI is InChI=1S/C22H21NO2S/c1-17(24)25-20-10-6-12-22(16-20)26-21-11-5-9-19(15-21)23-14-13-18-7-3-2-4-8-18/h2-12,15-16,23H,13-14H2,1H3. The molecule has 3 aromatic carbocycles. The molecule has 0 unspecified atom stereocenters. The van der Waals surface area contributed by atoms with Crippen molar-refractivity contribution in [1.82, 2.24) is 0 Å². The summed E-state index contributed by atoms with van der Waals surface area (Å²) in [5.74, 6) is 0.261. The van der Waals surface area contributed by atoms with Crippen LogP contribution in [0.4, 0.5) is 5.69 Å². The molecule has 0 aliphatic heterocycles. The van der Waals surface area contributed by atoms with Gasteiger partial charge in [0.25, 0.3) is 0 Å². The van der Waals surface area contributed by atoms with E-state index in [2.05, 4.69) is 47.8 Å². The van der Waals surface area contributed by atoms with E-state index in [4.69, 9.17) is 4.74 Å². The van der Waals surface area contributed by atoms with Gasteiger partial charge in [0.05, 0.1) is 0 Å². The molecule has 132 valence electrons. The topological polar surface area (TPSA) is 38.3 Å². The molecule has 0 heterocycles. The third-order valence-electron chi connectivity index (χ3n) is 3.72. The summed E-state index contributed by atoms with van der Waals surface area (Å²) in [7, 11) is 0. The fourth-order valence-corrected chi connectivity index (χ4v) is 3.49. The molecule has 1 N–H and O–H groups in total. The molecule has 0 saturated carbocycles. The highest BCUT2D eigenvalue weighted by Crippen LogP contribution is 2.31. The van der Waals surface area contributed by atoms with E-state index in [0.717, 1.165) is 28.4 Å². The summed E-state index contributed by atoms with van der Waals surface area (Å²) >= 11 is 1.64. The van der Waals surface area contributed by atoms with Gasteiger partial charge < -0.3 is 10.1 Å². The summed E-state index contributed by atoms with van der Waals surface area (Å²) in [4.78, 5) is 13.3. The maximum absolute atomic E-state index is 11.1. The van der Waals surface area contributed by atoms with Crippen molar-refractivity contribution >= 4 is 23.4 Å². The molecular weight excluding hydrogens is 342 g/mol. The predicted octanol–water partition coefficient (Wildman–Crippen LogP) is 5.42. The third-order valence-corrected chi connectivity index (χ3v) is 4.70. The Morgan fingerprint density at radius 3 is 2.42 bits per heavy atom. The van der Waals surface area contributed by atoms with Crippen molar-refractivity contribution in [2.45, 2.75) is 23.1 Å². The minimum absolute atomic E-state index is 0.309. The second-order valence-corrected chi connectivity index (χ2v) is 7.01. The lowest BCUT2D eigenvalue weighted by Crippen LogP contribution is -2.04. The van der Waals surface area contributed by atoms with Crippen LogP contribution in [0.2, 0.25) is 0 Å². The van der Waals surface area contributed by atoms with E-state index in [0.29, 0.717) is 5.75 Å². The molecular formula is C22H21NO2S. The molecule has 0 aliphatic carbocycles. The molecule has 3 aromatic rings. The fourth-order valence-electron chi connectivity index (χ4n) is 2.57. The van der Waals surface area contributed by atoms with Crippen molar-refractivity contribution in [3.8, 4) is 5.75 Å². The van der Waals surface area contributed by atoms with Gasteiger partial charge >= 0.3 is 5.97 Å². The number of carbonyl (C=O) groups is 1. The zero-order valence-electron chi connectivity index (χ0n) is 14.6. The van der Waals surface area contributed by atoms with Gasteiger partial charge in [-0.2, -0.15) is 0 Å². The van der Waals surface area contributed by atoms with Crippen LogP contribution in [-0.4, -0.2) is 12.5 Å². The van der Waals surface area contributed by atoms with Gasteiger partial charge in [-0.25, -0.2) is 0 Å². The van der Waals surface area contributed by atoms with Crippen molar-refractivity contribution in [3.05, 3.63) is 84.4 Å². The highest BCUT2D eigenvalue weighted by Gasteiger charge is 2.03. The summed E-state index contributed by atoms with van der Waals surface area (Å²) in [6.45, 7) is 2.30. The summed E-state index contributed by atoms with van der Waals surface area (Å²) in [6.07, 6.45) is 0.989. The first-order chi connectivity index (χ1) is 12.7. The highest BCUT2D eigenvalue weighted by molar-refractivity contribution is 7.99. The van der Waals surface area contributed by atoms with E-state index in [1.807, 2.05) is 30.3 Å². The fraction of sp³-hybridized carbons (Fsp3) is 0.136. The molecule has 0 atom stereocenters. The quantitative estimate of drug-likeness (QED) is 0.449. The molecule has 3 rings (SSSR count). The zero-order valence-corrected chi connectivity index (χ0v) is 15.5. The molecule has 3 nitrogen and oxygen atoms in total. The van der Waals surface area contributed by atoms with E-state index >= 15 is 0 Å². The van der Waals surface area contributed by atoms with Crippen LogP contribution in [0.1, 0.15) is 12.5 Å². The number of hydrogen-bond donors (Lipinski definition) is 1. The minimum Gasteiger partial charge on any atom is -0.427 e. The molecule has 0 radical (unpaired) electrons. The SMILES string of the molecule is CC(=O)Oc1cccc(Sc2cccc(NCCc3ccccc3)c2)c1. The van der Waals surface area contributed by atoms with E-state index in [1.54, 1.807) is 17.8 Å². The van der Waals surface area contributed by atoms with Gasteiger partial charge in [-0.3, -0.25) is 4.79 Å². The maximum Gasteiger partial charge on any atom is 0.308 e. The number of benzene rings is 3. The molecule has 0 saturated heterocycles. The van der Waals surface area contributed by atoms with Crippen molar-refractivity contribution in [2.24, 2.45) is 0 Å². The summed E-state index contributed by atoms with van der Waals surface area (Å²) in [6, 6.07) is 26.3. The van der Waals surface area contributed by atoms with E-state index < -0.39 is 0 Å². The minimum atomic E-state index is -0.309. The van der Waals surface area contributed by atoms with Crippen molar-refractivity contribution in [2.75, 3.05) is 11.9 Å². The van der Waals surface area contributed by atoms with Gasteiger partial charge in [-0.1, -0.05) is 54.2 Å². The van der Waals surface area contributed by atoms with Crippen LogP contribution in [0.3, 0.4) is 0 Å². The van der Waals surface area contributed by atoms with E-state index in [9.17, 15) is 4.79 Å². The lowest BCUT2D eigenvalue weighted by Gasteiger charge is -2.09. The number of hydrogen-bond acceptors (Lipinski definition) is 4. The van der Waals surface area contributed by atoms with Gasteiger partial charge in [-0.15, -0.1) is 0 Å². The Morgan fingerprint density at radius 1 is 0.923 bits per heavy atom. The van der Waals surface area contributed by atoms with Gasteiger partial charge in [-0.05, 0) is 48.4 Å². The summed E-state index contributed by atoms with van der Waals surface area (Å²) in [5.41, 5.74) is 2.43. The molecule has 4 heteroatoms. The lowest BCUT2D eigenvalue weighted by molar-refractivity contribution is -0.131. The Bertz CT molecular complexity index is 865. The van der Waals surface area contributed by atoms with Crippen LogP contribution in [0, 0.1) is 0 Å². The smallest absolute Gasteiger partial charge is 0.308 e. The van der Waals surface area contributed by atoms with E-state index in [-0.39, 0.29) is 5.97 Å². The van der Waals surface area contributed by atoms with Crippen molar-refractivity contribution < 1.29 is 9.53 Å². The van der Waals surface area contributed by atoms with Crippen LogP contribution in [-0.2, 0) is 11.2 Å². The Balaban J connectivity index is 1.59. The number of carbonyl (C=O) groups excluding carboxylic acids is 1. The van der Waals surface area contributed by atoms with Crippen LogP contribution < -0.4 is 10.1 Å². The van der Waals surface area contributed by atoms with Gasteiger partial charge in [0.1, 0.15) is 5.75 Å². The predicted molar refractivity (Wildman–Crippen MR) is 107 cm³/mol. The van der Waals surface area contributed by atoms with Crippen molar-refractivity contribution in [3.63, 3.8) is 0 Å². The first-order valence-corrected chi connectivity index (χ1v) is 9.35. The molecule has 0 bridgehead atoms. The largest absolute Gasteiger partial charge is 0.427 e. The highest BCUT2D eigenvalue weighted by atomic mass is 32.2. The molecule has 0 spiro atoms. The monoisotopic (exact) mass is 363 g/mol. The first kappa shape index (κ1) is 18.1. The molecule has 0 aliphatic rings. The van der Waals surface area contributed by atoms with Gasteiger partial charge in [0, 0.05) is 28.9 Å². The van der Waals surface area contributed by atoms with Crippen molar-refractivity contribution in [1.29, 1.82) is 0 Å². The van der Waals surface area contributed by atoms with Crippen LogP contribution >= 0.6 is 11.8 Å². The Morgan fingerprint density at radius 2 is 1.65 bits per heavy atom. The summed E-state index contributed by atoms with van der Waals surface area (Å²) in [5, 5.41) is 3.47. The Kier molecular flexibility index (Phi) is 6.34. The number of nitrogens with one attached hydrogen (secondary N) is 1. The number of esters is 1. The number of anilines is 1. The number of ether oxygens (including phenoxy) is 1. The normalized spacial score (nSPS) is 10.3.